The zero-order valence-electron chi connectivity index (χ0n) is 14.4. The Balaban J connectivity index is 1.83. The summed E-state index contributed by atoms with van der Waals surface area (Å²) >= 11 is 0. The average molecular weight is 302 g/mol. The molecule has 0 saturated carbocycles. The van der Waals surface area contributed by atoms with Crippen LogP contribution in [0.5, 0.6) is 0 Å². The largest absolute Gasteiger partial charge is 0.0995 e. The first-order valence-electron chi connectivity index (χ1n) is 8.48. The van der Waals surface area contributed by atoms with Gasteiger partial charge in [0.1, 0.15) is 0 Å². The summed E-state index contributed by atoms with van der Waals surface area (Å²) in [5.41, 5.74) is 8.35. The fourth-order valence-electron chi connectivity index (χ4n) is 3.85. The van der Waals surface area contributed by atoms with E-state index in [1.165, 1.54) is 33.4 Å². The van der Waals surface area contributed by atoms with Crippen molar-refractivity contribution in [2.75, 3.05) is 0 Å². The molecule has 0 fully saturated rings. The zero-order valence-corrected chi connectivity index (χ0v) is 14.4. The van der Waals surface area contributed by atoms with Crippen molar-refractivity contribution in [3.8, 4) is 0 Å². The first kappa shape index (κ1) is 15.8. The van der Waals surface area contributed by atoms with Gasteiger partial charge in [0.05, 0.1) is 0 Å². The van der Waals surface area contributed by atoms with Crippen LogP contribution in [0.15, 0.2) is 67.3 Å². The third kappa shape index (κ3) is 3.32. The molecule has 0 aromatic heterocycles. The van der Waals surface area contributed by atoms with Crippen molar-refractivity contribution in [2.24, 2.45) is 0 Å². The number of fused-ring (bicyclic) bond motifs is 1. The summed E-state index contributed by atoms with van der Waals surface area (Å²) in [7, 11) is 0. The lowest BCUT2D eigenvalue weighted by atomic mass is 9.66. The van der Waals surface area contributed by atoms with Gasteiger partial charge in [-0.3, -0.25) is 0 Å². The molecule has 0 nitrogen and oxygen atoms in total. The first-order chi connectivity index (χ1) is 11.0. The maximum Gasteiger partial charge on any atom is -0.00320 e. The summed E-state index contributed by atoms with van der Waals surface area (Å²) in [5.74, 6) is 0. The molecule has 0 heterocycles. The summed E-state index contributed by atoms with van der Waals surface area (Å²) in [5, 5.41) is 0. The Morgan fingerprint density at radius 3 is 2.61 bits per heavy atom. The van der Waals surface area contributed by atoms with Gasteiger partial charge in [-0.25, -0.2) is 0 Å². The lowest BCUT2D eigenvalue weighted by Crippen LogP contribution is -2.28. The Hall–Kier alpha value is -2.08. The molecule has 0 bridgehead atoms. The van der Waals surface area contributed by atoms with Crippen LogP contribution < -0.4 is 0 Å². The van der Waals surface area contributed by atoms with E-state index in [4.69, 9.17) is 0 Å². The minimum absolute atomic E-state index is 0.175. The molecule has 1 unspecified atom stereocenters. The predicted molar refractivity (Wildman–Crippen MR) is 101 cm³/mol. The summed E-state index contributed by atoms with van der Waals surface area (Å²) in [6.07, 6.45) is 4.27. The van der Waals surface area contributed by atoms with Gasteiger partial charge in [0.15, 0.2) is 0 Å². The van der Waals surface area contributed by atoms with Gasteiger partial charge in [-0.15, -0.1) is 0 Å². The van der Waals surface area contributed by atoms with Crippen LogP contribution in [0.4, 0.5) is 0 Å². The Morgan fingerprint density at radius 2 is 1.87 bits per heavy atom. The van der Waals surface area contributed by atoms with Gasteiger partial charge in [0.2, 0.25) is 0 Å². The standard InChI is InChI=1S/C23H26/c1-17-10-11-21-14-18(2)16-23(4,22(21)15-17)13-12-19(3)20-8-6-5-7-9-20/h5-11,15H,2-3,12-14,16H2,1,4H3. The van der Waals surface area contributed by atoms with Crippen LogP contribution in [0.3, 0.4) is 0 Å². The molecule has 0 N–H and O–H groups in total. The molecule has 0 heteroatoms. The number of allylic oxidation sites excluding steroid dienone is 2. The Labute approximate surface area is 140 Å². The second-order valence-corrected chi connectivity index (χ2v) is 7.29. The van der Waals surface area contributed by atoms with E-state index in [2.05, 4.69) is 75.5 Å². The number of hydrogen-bond acceptors (Lipinski definition) is 0. The Kier molecular flexibility index (Phi) is 4.26. The molecule has 1 aliphatic rings. The molecule has 0 aliphatic heterocycles. The molecule has 0 saturated heterocycles. The molecule has 118 valence electrons. The molecule has 2 aromatic rings. The van der Waals surface area contributed by atoms with Crippen LogP contribution in [-0.2, 0) is 11.8 Å². The predicted octanol–water partition coefficient (Wildman–Crippen LogP) is 6.25. The van der Waals surface area contributed by atoms with Crippen molar-refractivity contribution >= 4 is 5.57 Å². The minimum Gasteiger partial charge on any atom is -0.0995 e. The van der Waals surface area contributed by atoms with Crippen molar-refractivity contribution in [1.82, 2.24) is 0 Å². The SMILES string of the molecule is C=C1Cc2ccc(C)cc2C(C)(CCC(=C)c2ccccc2)C1. The highest BCUT2D eigenvalue weighted by Crippen LogP contribution is 2.43. The lowest BCUT2D eigenvalue weighted by molar-refractivity contribution is 0.416. The van der Waals surface area contributed by atoms with Gasteiger partial charge in [0.25, 0.3) is 0 Å². The maximum atomic E-state index is 4.31. The van der Waals surface area contributed by atoms with E-state index in [0.717, 1.165) is 25.7 Å². The Bertz CT molecular complexity index is 736. The van der Waals surface area contributed by atoms with Crippen LogP contribution in [0, 0.1) is 6.92 Å². The van der Waals surface area contributed by atoms with Gasteiger partial charge in [-0.1, -0.05) is 79.7 Å². The topological polar surface area (TPSA) is 0 Å². The fraction of sp³-hybridized carbons (Fsp3) is 0.304. The van der Waals surface area contributed by atoms with Crippen molar-refractivity contribution in [1.29, 1.82) is 0 Å². The first-order valence-corrected chi connectivity index (χ1v) is 8.48. The normalized spacial score (nSPS) is 20.2. The highest BCUT2D eigenvalue weighted by atomic mass is 14.4. The summed E-state index contributed by atoms with van der Waals surface area (Å²) in [6.45, 7) is 13.2. The van der Waals surface area contributed by atoms with Gasteiger partial charge in [-0.2, -0.15) is 0 Å². The fourth-order valence-corrected chi connectivity index (χ4v) is 3.85. The van der Waals surface area contributed by atoms with E-state index < -0.39 is 0 Å². The molecule has 1 aliphatic carbocycles. The third-order valence-electron chi connectivity index (χ3n) is 5.16. The molecular weight excluding hydrogens is 276 g/mol. The number of aryl methyl sites for hydroxylation is 1. The van der Waals surface area contributed by atoms with E-state index in [1.54, 1.807) is 0 Å². The van der Waals surface area contributed by atoms with Gasteiger partial charge in [-0.05, 0) is 60.3 Å². The smallest absolute Gasteiger partial charge is 0.00320 e. The quantitative estimate of drug-likeness (QED) is 0.586. The molecule has 0 amide bonds. The number of hydrogen-bond donors (Lipinski definition) is 0. The lowest BCUT2D eigenvalue weighted by Gasteiger charge is -2.38. The number of benzene rings is 2. The molecule has 23 heavy (non-hydrogen) atoms. The van der Waals surface area contributed by atoms with Gasteiger partial charge < -0.3 is 0 Å². The zero-order chi connectivity index (χ0) is 16.4. The van der Waals surface area contributed by atoms with Gasteiger partial charge in [0, 0.05) is 0 Å². The molecule has 0 radical (unpaired) electrons. The van der Waals surface area contributed by atoms with E-state index in [9.17, 15) is 0 Å². The van der Waals surface area contributed by atoms with Crippen molar-refractivity contribution < 1.29 is 0 Å². The van der Waals surface area contributed by atoms with Crippen LogP contribution in [0.1, 0.15) is 48.4 Å². The van der Waals surface area contributed by atoms with Gasteiger partial charge >= 0.3 is 0 Å². The van der Waals surface area contributed by atoms with E-state index >= 15 is 0 Å². The monoisotopic (exact) mass is 302 g/mol. The average Bonchev–Trinajstić information content (AvgIpc) is 2.54. The van der Waals surface area contributed by atoms with Crippen LogP contribution in [0.25, 0.3) is 5.57 Å². The summed E-state index contributed by atoms with van der Waals surface area (Å²) < 4.78 is 0. The maximum absolute atomic E-state index is 4.31. The van der Waals surface area contributed by atoms with E-state index in [-0.39, 0.29) is 5.41 Å². The molecule has 0 spiro atoms. The minimum atomic E-state index is 0.175. The van der Waals surface area contributed by atoms with Crippen molar-refractivity contribution in [2.45, 2.75) is 44.9 Å². The third-order valence-corrected chi connectivity index (χ3v) is 5.16. The van der Waals surface area contributed by atoms with E-state index in [0.29, 0.717) is 0 Å². The van der Waals surface area contributed by atoms with Crippen molar-refractivity contribution in [3.63, 3.8) is 0 Å². The summed E-state index contributed by atoms with van der Waals surface area (Å²) in [6, 6.07) is 17.4. The number of rotatable bonds is 4. The molecular formula is C23H26. The van der Waals surface area contributed by atoms with E-state index in [1.807, 2.05) is 0 Å². The van der Waals surface area contributed by atoms with Crippen LogP contribution in [-0.4, -0.2) is 0 Å². The molecule has 1 atom stereocenters. The molecule has 3 rings (SSSR count). The highest BCUT2D eigenvalue weighted by molar-refractivity contribution is 5.63. The van der Waals surface area contributed by atoms with Crippen LogP contribution >= 0.6 is 0 Å². The second kappa shape index (κ2) is 6.20. The summed E-state index contributed by atoms with van der Waals surface area (Å²) in [4.78, 5) is 0. The highest BCUT2D eigenvalue weighted by Gasteiger charge is 2.33. The van der Waals surface area contributed by atoms with Crippen molar-refractivity contribution in [3.05, 3.63) is 89.5 Å². The van der Waals surface area contributed by atoms with Crippen LogP contribution in [0.2, 0.25) is 0 Å². The second-order valence-electron chi connectivity index (χ2n) is 7.29. The Morgan fingerprint density at radius 1 is 1.13 bits per heavy atom. The molecule has 2 aromatic carbocycles.